The number of amides is 1. The molecular formula is C22H22FN5O4S2. The van der Waals surface area contributed by atoms with Crippen molar-refractivity contribution >= 4 is 48.8 Å². The van der Waals surface area contributed by atoms with Crippen molar-refractivity contribution in [1.82, 2.24) is 14.8 Å². The Kier molecular flexibility index (Phi) is 6.09. The van der Waals surface area contributed by atoms with E-state index in [9.17, 15) is 17.6 Å². The number of ether oxygens (including phenoxy) is 1. The molecule has 178 valence electrons. The average molecular weight is 504 g/mol. The van der Waals surface area contributed by atoms with E-state index in [2.05, 4.69) is 20.2 Å². The molecule has 1 amide bonds. The van der Waals surface area contributed by atoms with Gasteiger partial charge in [0.05, 0.1) is 34.6 Å². The molecule has 2 fully saturated rings. The van der Waals surface area contributed by atoms with Crippen LogP contribution >= 0.6 is 11.3 Å². The van der Waals surface area contributed by atoms with E-state index in [0.29, 0.717) is 43.4 Å². The molecule has 1 saturated carbocycles. The Morgan fingerprint density at radius 3 is 2.71 bits per heavy atom. The van der Waals surface area contributed by atoms with Gasteiger partial charge in [-0.05, 0) is 50.2 Å². The summed E-state index contributed by atoms with van der Waals surface area (Å²) >= 11 is 0.724. The largest absolute Gasteiger partial charge is 0.381 e. The van der Waals surface area contributed by atoms with Crippen LogP contribution in [0.1, 0.15) is 38.1 Å². The van der Waals surface area contributed by atoms with Crippen molar-refractivity contribution in [2.75, 3.05) is 18.5 Å². The van der Waals surface area contributed by atoms with Crippen molar-refractivity contribution in [1.29, 1.82) is 0 Å². The number of halogens is 1. The lowest BCUT2D eigenvalue weighted by atomic mass is 9.92. The minimum atomic E-state index is -3.59. The molecule has 2 aliphatic rings. The van der Waals surface area contributed by atoms with Crippen molar-refractivity contribution in [2.45, 2.75) is 48.3 Å². The van der Waals surface area contributed by atoms with Crippen LogP contribution in [0.4, 0.5) is 15.2 Å². The number of carbonyl (C=O) groups is 1. The number of rotatable bonds is 7. The molecule has 1 aliphatic heterocycles. The highest BCUT2D eigenvalue weighted by atomic mass is 32.2. The second kappa shape index (κ2) is 9.05. The molecule has 12 heteroatoms. The molecule has 1 aliphatic carbocycles. The number of nitrogens with one attached hydrogen (secondary N) is 1. The van der Waals surface area contributed by atoms with E-state index in [-0.39, 0.29) is 21.6 Å². The van der Waals surface area contributed by atoms with E-state index < -0.39 is 32.2 Å². The highest BCUT2D eigenvalue weighted by Crippen LogP contribution is 2.39. The lowest BCUT2D eigenvalue weighted by Gasteiger charge is -2.26. The highest BCUT2D eigenvalue weighted by Gasteiger charge is 2.39. The molecule has 5 rings (SSSR count). The van der Waals surface area contributed by atoms with Gasteiger partial charge in [-0.1, -0.05) is 11.3 Å². The maximum atomic E-state index is 13.4. The Labute approximate surface area is 199 Å². The molecule has 34 heavy (non-hydrogen) atoms. The van der Waals surface area contributed by atoms with Crippen molar-refractivity contribution in [3.05, 3.63) is 41.1 Å². The van der Waals surface area contributed by atoms with Gasteiger partial charge in [0.15, 0.2) is 25.8 Å². The number of aromatic nitrogens is 3. The first-order chi connectivity index (χ1) is 16.4. The van der Waals surface area contributed by atoms with Crippen molar-refractivity contribution in [2.24, 2.45) is 5.92 Å². The van der Waals surface area contributed by atoms with E-state index in [1.807, 2.05) is 0 Å². The zero-order valence-corrected chi connectivity index (χ0v) is 19.7. The van der Waals surface area contributed by atoms with Gasteiger partial charge in [0.1, 0.15) is 6.04 Å². The average Bonchev–Trinajstić information content (AvgIpc) is 3.51. The first-order valence-electron chi connectivity index (χ1n) is 11.0. The van der Waals surface area contributed by atoms with E-state index in [4.69, 9.17) is 11.3 Å². The molecule has 9 nitrogen and oxygen atoms in total. The lowest BCUT2D eigenvalue weighted by molar-refractivity contribution is -0.120. The van der Waals surface area contributed by atoms with Gasteiger partial charge in [-0.25, -0.2) is 18.2 Å². The van der Waals surface area contributed by atoms with Gasteiger partial charge >= 0.3 is 0 Å². The molecule has 1 N–H and O–H groups in total. The summed E-state index contributed by atoms with van der Waals surface area (Å²) in [5.41, 5.74) is 0.575. The third-order valence-corrected chi connectivity index (χ3v) is 9.27. The summed E-state index contributed by atoms with van der Waals surface area (Å²) in [7, 11) is -3.59. The third-order valence-electron chi connectivity index (χ3n) is 6.26. The van der Waals surface area contributed by atoms with Crippen LogP contribution in [0, 0.1) is 17.6 Å². The number of hydrogen-bond acceptors (Lipinski definition) is 7. The molecule has 1 saturated heterocycles. The topological polar surface area (TPSA) is 108 Å². The first kappa shape index (κ1) is 22.9. The minimum absolute atomic E-state index is 0.0805. The van der Waals surface area contributed by atoms with E-state index >= 15 is 0 Å². The van der Waals surface area contributed by atoms with Crippen molar-refractivity contribution in [3.63, 3.8) is 0 Å². The normalized spacial score (nSPS) is 18.0. The molecule has 1 aromatic carbocycles. The lowest BCUT2D eigenvalue weighted by Crippen LogP contribution is -2.30. The van der Waals surface area contributed by atoms with Gasteiger partial charge in [-0.15, -0.1) is 0 Å². The van der Waals surface area contributed by atoms with Gasteiger partial charge in [-0.3, -0.25) is 9.48 Å². The van der Waals surface area contributed by atoms with Crippen molar-refractivity contribution < 1.29 is 22.3 Å². The van der Waals surface area contributed by atoms with Crippen LogP contribution in [-0.2, 0) is 19.4 Å². The van der Waals surface area contributed by atoms with Gasteiger partial charge in [0.2, 0.25) is 0 Å². The zero-order valence-electron chi connectivity index (χ0n) is 18.1. The number of nitrogens with zero attached hydrogens (tertiary/aromatic N) is 4. The SMILES string of the molecule is [C-]#[N+]c1cc(S(=O)(=O)C2CC2)c2cnn(C(CC3CCOCC3)C(=O)Nc3ncc(F)s3)c2c1. The molecule has 0 spiro atoms. The summed E-state index contributed by atoms with van der Waals surface area (Å²) in [6.07, 6.45) is 5.68. The van der Waals surface area contributed by atoms with Crippen LogP contribution < -0.4 is 5.32 Å². The number of sulfone groups is 1. The molecule has 3 heterocycles. The van der Waals surface area contributed by atoms with Gasteiger partial charge in [0.25, 0.3) is 5.91 Å². The zero-order chi connectivity index (χ0) is 23.9. The maximum Gasteiger partial charge on any atom is 0.251 e. The quantitative estimate of drug-likeness (QED) is 0.486. The number of carbonyl (C=O) groups excluding carboxylic acids is 1. The van der Waals surface area contributed by atoms with E-state index in [1.54, 1.807) is 6.07 Å². The first-order valence-corrected chi connectivity index (χ1v) is 13.4. The second-order valence-electron chi connectivity index (χ2n) is 8.59. The third kappa shape index (κ3) is 4.43. The standard InChI is InChI=1S/C22H22FN5O4S2/c1-24-14-9-17-16(19(10-14)34(30,31)15-2-3-15)11-26-28(17)18(8-13-4-6-32-7-5-13)21(29)27-22-25-12-20(23)33-22/h9-13,15,18H,2-8H2,(H,25,27,29). The predicted molar refractivity (Wildman–Crippen MR) is 124 cm³/mol. The minimum Gasteiger partial charge on any atom is -0.381 e. The molecule has 1 unspecified atom stereocenters. The second-order valence-corrected chi connectivity index (χ2v) is 11.8. The van der Waals surface area contributed by atoms with Gasteiger partial charge < -0.3 is 10.1 Å². The summed E-state index contributed by atoms with van der Waals surface area (Å²) in [6.45, 7) is 8.68. The smallest absolute Gasteiger partial charge is 0.251 e. The van der Waals surface area contributed by atoms with Crippen LogP contribution in [0.15, 0.2) is 29.4 Å². The molecule has 2 aromatic heterocycles. The number of anilines is 1. The fourth-order valence-electron chi connectivity index (χ4n) is 4.32. The number of fused-ring (bicyclic) bond motifs is 1. The monoisotopic (exact) mass is 503 g/mol. The number of hydrogen-bond donors (Lipinski definition) is 1. The summed E-state index contributed by atoms with van der Waals surface area (Å²) < 4.78 is 46.5. The summed E-state index contributed by atoms with van der Waals surface area (Å²) in [4.78, 5) is 20.8. The molecule has 3 aromatic rings. The van der Waals surface area contributed by atoms with Crippen LogP contribution in [0.3, 0.4) is 0 Å². The number of benzene rings is 1. The van der Waals surface area contributed by atoms with E-state index in [1.165, 1.54) is 16.9 Å². The Morgan fingerprint density at radius 2 is 2.06 bits per heavy atom. The van der Waals surface area contributed by atoms with Crippen LogP contribution in [0.2, 0.25) is 0 Å². The highest BCUT2D eigenvalue weighted by molar-refractivity contribution is 7.92. The summed E-state index contributed by atoms with van der Waals surface area (Å²) in [6, 6.07) is 2.15. The van der Waals surface area contributed by atoms with E-state index in [0.717, 1.165) is 30.4 Å². The fraction of sp³-hybridized carbons (Fsp3) is 0.455. The van der Waals surface area contributed by atoms with Crippen molar-refractivity contribution in [3.8, 4) is 0 Å². The fourth-order valence-corrected chi connectivity index (χ4v) is 6.73. The van der Waals surface area contributed by atoms with Crippen LogP contribution in [0.25, 0.3) is 15.7 Å². The Balaban J connectivity index is 1.58. The van der Waals surface area contributed by atoms with Gasteiger partial charge in [-0.2, -0.15) is 9.49 Å². The summed E-state index contributed by atoms with van der Waals surface area (Å²) in [5, 5.41) is 6.66. The summed E-state index contributed by atoms with van der Waals surface area (Å²) in [5.74, 6) is -0.235. The molecular weight excluding hydrogens is 481 g/mol. The molecule has 0 bridgehead atoms. The molecule has 0 radical (unpaired) electrons. The number of thiazole rings is 1. The van der Waals surface area contributed by atoms with Gasteiger partial charge in [0, 0.05) is 18.6 Å². The predicted octanol–water partition coefficient (Wildman–Crippen LogP) is 4.12. The van der Waals surface area contributed by atoms with Crippen LogP contribution in [0.5, 0.6) is 0 Å². The Hall–Kier alpha value is -2.88. The maximum absolute atomic E-state index is 13.4. The van der Waals surface area contributed by atoms with Crippen LogP contribution in [-0.4, -0.2) is 47.6 Å². The molecule has 1 atom stereocenters. The Morgan fingerprint density at radius 1 is 1.29 bits per heavy atom. The Bertz CT molecular complexity index is 1380.